The number of halogens is 1. The summed E-state index contributed by atoms with van der Waals surface area (Å²) in [6.45, 7) is 4.67. The number of carbonyl (C=O) groups is 1. The van der Waals surface area contributed by atoms with Gasteiger partial charge in [0.2, 0.25) is 0 Å². The van der Waals surface area contributed by atoms with Crippen molar-refractivity contribution in [3.05, 3.63) is 82.8 Å². The third-order valence-electron chi connectivity index (χ3n) is 5.17. The maximum Gasteiger partial charge on any atom is 0.289 e. The molecule has 2 aromatic carbocycles. The van der Waals surface area contributed by atoms with E-state index in [2.05, 4.69) is 4.90 Å². The van der Waals surface area contributed by atoms with E-state index in [0.29, 0.717) is 29.6 Å². The van der Waals surface area contributed by atoms with Crippen LogP contribution in [-0.2, 0) is 16.6 Å². The van der Waals surface area contributed by atoms with Crippen molar-refractivity contribution in [2.24, 2.45) is 0 Å². The average molecular weight is 443 g/mol. The summed E-state index contributed by atoms with van der Waals surface area (Å²) in [5.41, 5.74) is 2.19. The monoisotopic (exact) mass is 442 g/mol. The summed E-state index contributed by atoms with van der Waals surface area (Å²) in [5, 5.41) is 0.706. The predicted octanol–water partition coefficient (Wildman–Crippen LogP) is 4.51. The zero-order chi connectivity index (χ0) is 21.1. The first-order valence-electron chi connectivity index (χ1n) is 9.83. The number of nitrogens with zero attached hydrogens (tertiary/aromatic N) is 2. The predicted molar refractivity (Wildman–Crippen MR) is 120 cm³/mol. The van der Waals surface area contributed by atoms with Crippen molar-refractivity contribution in [3.63, 3.8) is 0 Å². The lowest BCUT2D eigenvalue weighted by atomic mass is 10.2. The van der Waals surface area contributed by atoms with Gasteiger partial charge in [-0.2, -0.15) is 0 Å². The van der Waals surface area contributed by atoms with Gasteiger partial charge in [0.1, 0.15) is 5.76 Å². The molecule has 4 rings (SSSR count). The van der Waals surface area contributed by atoms with E-state index in [9.17, 15) is 9.00 Å². The highest BCUT2D eigenvalue weighted by atomic mass is 35.5. The van der Waals surface area contributed by atoms with E-state index in [1.165, 1.54) is 0 Å². The number of amides is 1. The number of anilines is 1. The Bertz CT molecular complexity index is 1060. The Hall–Kier alpha value is -2.57. The van der Waals surface area contributed by atoms with Gasteiger partial charge in [-0.05, 0) is 49.4 Å². The van der Waals surface area contributed by atoms with Crippen LogP contribution < -0.4 is 4.90 Å². The molecule has 2 heterocycles. The van der Waals surface area contributed by atoms with Crippen LogP contribution in [0.3, 0.4) is 0 Å². The van der Waals surface area contributed by atoms with E-state index in [1.807, 2.05) is 55.5 Å². The Labute approximate surface area is 183 Å². The van der Waals surface area contributed by atoms with Gasteiger partial charge in [-0.3, -0.25) is 9.00 Å². The van der Waals surface area contributed by atoms with Crippen LogP contribution in [0.5, 0.6) is 0 Å². The van der Waals surface area contributed by atoms with Crippen molar-refractivity contribution < 1.29 is 13.4 Å². The highest BCUT2D eigenvalue weighted by Gasteiger charge is 2.24. The molecule has 1 aliphatic heterocycles. The quantitative estimate of drug-likeness (QED) is 0.583. The standard InChI is InChI=1S/C23H23ClN2O3S/c1-17-5-8-21(9-6-17)30(28)16-20-7-10-22(29-20)23(27)26-13-11-25(12-14-26)19-4-2-3-18(24)15-19/h2-10,15H,11-14,16H2,1H3. The minimum atomic E-state index is -1.21. The maximum absolute atomic E-state index is 12.8. The number of rotatable bonds is 5. The third kappa shape index (κ3) is 4.77. The lowest BCUT2D eigenvalue weighted by Crippen LogP contribution is -2.48. The second kappa shape index (κ2) is 9.06. The average Bonchev–Trinajstić information content (AvgIpc) is 3.22. The van der Waals surface area contributed by atoms with E-state index >= 15 is 0 Å². The molecule has 0 radical (unpaired) electrons. The minimum Gasteiger partial charge on any atom is -0.455 e. The lowest BCUT2D eigenvalue weighted by molar-refractivity contribution is 0.0713. The van der Waals surface area contributed by atoms with Gasteiger partial charge in [0.15, 0.2) is 5.76 Å². The molecule has 1 fully saturated rings. The second-order valence-electron chi connectivity index (χ2n) is 7.33. The zero-order valence-corrected chi connectivity index (χ0v) is 18.3. The first-order valence-corrected chi connectivity index (χ1v) is 11.5. The molecule has 30 heavy (non-hydrogen) atoms. The molecule has 0 bridgehead atoms. The number of carbonyl (C=O) groups excluding carboxylic acids is 1. The van der Waals surface area contributed by atoms with Gasteiger partial charge in [-0.25, -0.2) is 0 Å². The number of piperazine rings is 1. The fourth-order valence-electron chi connectivity index (χ4n) is 3.47. The Morgan fingerprint density at radius 2 is 1.77 bits per heavy atom. The Kier molecular flexibility index (Phi) is 6.25. The molecule has 1 saturated heterocycles. The van der Waals surface area contributed by atoms with E-state index < -0.39 is 10.8 Å². The van der Waals surface area contributed by atoms with Gasteiger partial charge in [0, 0.05) is 41.8 Å². The van der Waals surface area contributed by atoms with E-state index in [0.717, 1.165) is 29.2 Å². The SMILES string of the molecule is Cc1ccc(S(=O)Cc2ccc(C(=O)N3CCN(c4cccc(Cl)c4)CC3)o2)cc1. The first kappa shape index (κ1) is 20.7. The van der Waals surface area contributed by atoms with Gasteiger partial charge in [-0.15, -0.1) is 0 Å². The zero-order valence-electron chi connectivity index (χ0n) is 16.7. The fraction of sp³-hybridized carbons (Fsp3) is 0.261. The van der Waals surface area contributed by atoms with Crippen molar-refractivity contribution >= 4 is 34.0 Å². The van der Waals surface area contributed by atoms with Crippen LogP contribution >= 0.6 is 11.6 Å². The molecule has 7 heteroatoms. The summed E-state index contributed by atoms with van der Waals surface area (Å²) in [4.78, 5) is 17.6. The van der Waals surface area contributed by atoms with Crippen LogP contribution in [-0.4, -0.2) is 41.2 Å². The molecule has 1 unspecified atom stereocenters. The van der Waals surface area contributed by atoms with Gasteiger partial charge in [0.05, 0.1) is 16.6 Å². The normalized spacial score (nSPS) is 15.3. The van der Waals surface area contributed by atoms with Crippen molar-refractivity contribution in [1.82, 2.24) is 4.90 Å². The largest absolute Gasteiger partial charge is 0.455 e. The molecular weight excluding hydrogens is 420 g/mol. The summed E-state index contributed by atoms with van der Waals surface area (Å²) in [7, 11) is -1.21. The van der Waals surface area contributed by atoms with Crippen LogP contribution in [0, 0.1) is 6.92 Å². The molecule has 0 saturated carbocycles. The van der Waals surface area contributed by atoms with Crippen molar-refractivity contribution in [3.8, 4) is 0 Å². The smallest absolute Gasteiger partial charge is 0.289 e. The number of benzene rings is 2. The molecule has 1 amide bonds. The van der Waals surface area contributed by atoms with Gasteiger partial charge in [0.25, 0.3) is 5.91 Å². The van der Waals surface area contributed by atoms with E-state index in [-0.39, 0.29) is 11.7 Å². The van der Waals surface area contributed by atoms with E-state index in [1.54, 1.807) is 17.0 Å². The first-order chi connectivity index (χ1) is 14.5. The topological polar surface area (TPSA) is 53.8 Å². The van der Waals surface area contributed by atoms with Crippen molar-refractivity contribution in [2.75, 3.05) is 31.1 Å². The Balaban J connectivity index is 1.35. The Morgan fingerprint density at radius 1 is 1.03 bits per heavy atom. The minimum absolute atomic E-state index is 0.131. The summed E-state index contributed by atoms with van der Waals surface area (Å²) in [6.07, 6.45) is 0. The lowest BCUT2D eigenvalue weighted by Gasteiger charge is -2.35. The summed E-state index contributed by atoms with van der Waals surface area (Å²) in [6, 6.07) is 18.8. The molecule has 1 aliphatic rings. The van der Waals surface area contributed by atoms with Crippen LogP contribution in [0.1, 0.15) is 21.9 Å². The number of hydrogen-bond donors (Lipinski definition) is 0. The third-order valence-corrected chi connectivity index (χ3v) is 6.75. The summed E-state index contributed by atoms with van der Waals surface area (Å²) in [5.74, 6) is 0.962. The highest BCUT2D eigenvalue weighted by molar-refractivity contribution is 7.84. The number of hydrogen-bond acceptors (Lipinski definition) is 4. The molecule has 156 valence electrons. The summed E-state index contributed by atoms with van der Waals surface area (Å²) < 4.78 is 18.3. The van der Waals surface area contributed by atoms with Crippen molar-refractivity contribution in [1.29, 1.82) is 0 Å². The van der Waals surface area contributed by atoms with Crippen LogP contribution in [0.2, 0.25) is 5.02 Å². The molecule has 0 aliphatic carbocycles. The molecule has 5 nitrogen and oxygen atoms in total. The fourth-order valence-corrected chi connectivity index (χ4v) is 4.67. The highest BCUT2D eigenvalue weighted by Crippen LogP contribution is 2.22. The molecule has 1 atom stereocenters. The van der Waals surface area contributed by atoms with E-state index in [4.69, 9.17) is 16.0 Å². The van der Waals surface area contributed by atoms with Gasteiger partial charge >= 0.3 is 0 Å². The number of aryl methyl sites for hydroxylation is 1. The molecule has 0 N–H and O–H groups in total. The molecule has 1 aromatic heterocycles. The Morgan fingerprint density at radius 3 is 2.47 bits per heavy atom. The van der Waals surface area contributed by atoms with Crippen LogP contribution in [0.4, 0.5) is 5.69 Å². The maximum atomic E-state index is 12.8. The summed E-state index contributed by atoms with van der Waals surface area (Å²) >= 11 is 6.08. The van der Waals surface area contributed by atoms with Crippen LogP contribution in [0.15, 0.2) is 70.0 Å². The molecular formula is C23H23ClN2O3S. The second-order valence-corrected chi connectivity index (χ2v) is 9.22. The number of furan rings is 1. The van der Waals surface area contributed by atoms with Gasteiger partial charge in [-0.1, -0.05) is 35.4 Å². The van der Waals surface area contributed by atoms with Crippen LogP contribution in [0.25, 0.3) is 0 Å². The van der Waals surface area contributed by atoms with Crippen molar-refractivity contribution in [2.45, 2.75) is 17.6 Å². The van der Waals surface area contributed by atoms with Gasteiger partial charge < -0.3 is 14.2 Å². The molecule has 0 spiro atoms. The molecule has 3 aromatic rings.